The van der Waals surface area contributed by atoms with Crippen molar-refractivity contribution < 1.29 is 13.2 Å². The molecule has 20 heavy (non-hydrogen) atoms. The summed E-state index contributed by atoms with van der Waals surface area (Å²) in [4.78, 5) is 5.70. The number of piperidine rings is 1. The summed E-state index contributed by atoms with van der Waals surface area (Å²) in [6.07, 6.45) is -1.46. The summed E-state index contributed by atoms with van der Waals surface area (Å²) >= 11 is 5.93. The summed E-state index contributed by atoms with van der Waals surface area (Å²) in [7, 11) is 1.81. The average Bonchev–Trinajstić information content (AvgIpc) is 2.38. The van der Waals surface area contributed by atoms with Gasteiger partial charge in [-0.3, -0.25) is 0 Å². The fraction of sp³-hybridized carbons (Fsp3) is 0.615. The van der Waals surface area contributed by atoms with Gasteiger partial charge in [0.05, 0.1) is 10.6 Å². The maximum absolute atomic E-state index is 12.6. The van der Waals surface area contributed by atoms with Gasteiger partial charge in [0.25, 0.3) is 0 Å². The lowest BCUT2D eigenvalue weighted by atomic mass is 9.98. The Morgan fingerprint density at radius 3 is 2.60 bits per heavy atom. The molecule has 1 saturated heterocycles. The number of nitrogens with one attached hydrogen (secondary N) is 1. The molecule has 1 aromatic rings. The van der Waals surface area contributed by atoms with Gasteiger partial charge in [0, 0.05) is 19.8 Å². The summed E-state index contributed by atoms with van der Waals surface area (Å²) in [5.74, 6) is 0.916. The average molecular weight is 308 g/mol. The second-order valence-corrected chi connectivity index (χ2v) is 5.51. The Bertz CT molecular complexity index is 459. The Balaban J connectivity index is 2.07. The highest BCUT2D eigenvalue weighted by Gasteiger charge is 2.32. The van der Waals surface area contributed by atoms with Crippen molar-refractivity contribution in [3.05, 3.63) is 22.8 Å². The van der Waals surface area contributed by atoms with Gasteiger partial charge in [-0.25, -0.2) is 4.98 Å². The highest BCUT2D eigenvalue weighted by atomic mass is 35.5. The third-order valence-corrected chi connectivity index (χ3v) is 3.78. The third-order valence-electron chi connectivity index (χ3n) is 3.50. The molecule has 7 heteroatoms. The van der Waals surface area contributed by atoms with E-state index in [1.165, 1.54) is 0 Å². The van der Waals surface area contributed by atoms with E-state index in [1.54, 1.807) is 0 Å². The molecule has 0 radical (unpaired) electrons. The van der Waals surface area contributed by atoms with E-state index < -0.39 is 11.7 Å². The summed E-state index contributed by atoms with van der Waals surface area (Å²) in [5.41, 5.74) is -0.818. The van der Waals surface area contributed by atoms with Crippen LogP contribution in [0.25, 0.3) is 0 Å². The molecule has 0 unspecified atom stereocenters. The van der Waals surface area contributed by atoms with Gasteiger partial charge >= 0.3 is 6.18 Å². The zero-order valence-electron chi connectivity index (χ0n) is 11.2. The number of aromatic nitrogens is 1. The second-order valence-electron chi connectivity index (χ2n) is 5.10. The quantitative estimate of drug-likeness (QED) is 0.929. The number of anilines is 1. The molecule has 1 aliphatic rings. The van der Waals surface area contributed by atoms with Crippen molar-refractivity contribution in [3.63, 3.8) is 0 Å². The van der Waals surface area contributed by atoms with Gasteiger partial charge in [-0.2, -0.15) is 13.2 Å². The minimum Gasteiger partial charge on any atom is -0.358 e. The summed E-state index contributed by atoms with van der Waals surface area (Å²) < 4.78 is 37.7. The van der Waals surface area contributed by atoms with E-state index >= 15 is 0 Å². The molecule has 0 spiro atoms. The molecule has 0 aliphatic carbocycles. The summed E-state index contributed by atoms with van der Waals surface area (Å²) in [6, 6.07) is 0.933. The molecule has 2 heterocycles. The fourth-order valence-electron chi connectivity index (χ4n) is 2.40. The van der Waals surface area contributed by atoms with Gasteiger partial charge in [0.2, 0.25) is 0 Å². The Morgan fingerprint density at radius 2 is 2.05 bits per heavy atom. The van der Waals surface area contributed by atoms with Crippen LogP contribution in [0, 0.1) is 5.92 Å². The van der Waals surface area contributed by atoms with Gasteiger partial charge in [-0.15, -0.1) is 0 Å². The lowest BCUT2D eigenvalue weighted by Gasteiger charge is -2.28. The molecule has 0 atom stereocenters. The molecule has 3 nitrogen and oxygen atoms in total. The predicted octanol–water partition coefficient (Wildman–Crippen LogP) is 3.19. The maximum Gasteiger partial charge on any atom is 0.417 e. The number of nitrogens with zero attached hydrogens (tertiary/aromatic N) is 2. The zero-order valence-corrected chi connectivity index (χ0v) is 11.9. The molecule has 1 fully saturated rings. The number of pyridine rings is 1. The predicted molar refractivity (Wildman–Crippen MR) is 73.1 cm³/mol. The Kier molecular flexibility index (Phi) is 4.75. The lowest BCUT2D eigenvalue weighted by Crippen LogP contribution is -2.35. The van der Waals surface area contributed by atoms with Gasteiger partial charge < -0.3 is 10.2 Å². The van der Waals surface area contributed by atoms with Crippen LogP contribution in [0.5, 0.6) is 0 Å². The molecular weight excluding hydrogens is 291 g/mol. The highest BCUT2D eigenvalue weighted by molar-refractivity contribution is 6.33. The standard InChI is InChI=1S/C13H17ClF3N3/c1-20(8-9-2-4-18-5-3-9)12-11(14)6-10(7-19-12)13(15,16)17/h6-7,9,18H,2-5,8H2,1H3. The molecule has 1 aliphatic heterocycles. The number of halogens is 4. The van der Waals surface area contributed by atoms with Crippen molar-refractivity contribution >= 4 is 17.4 Å². The van der Waals surface area contributed by atoms with Crippen molar-refractivity contribution in [3.8, 4) is 0 Å². The first-order valence-electron chi connectivity index (χ1n) is 6.52. The molecule has 112 valence electrons. The van der Waals surface area contributed by atoms with E-state index in [0.717, 1.165) is 44.7 Å². The van der Waals surface area contributed by atoms with Crippen molar-refractivity contribution in [1.82, 2.24) is 10.3 Å². The SMILES string of the molecule is CN(CC1CCNCC1)c1ncc(C(F)(F)F)cc1Cl. The first-order chi connectivity index (χ1) is 9.38. The van der Waals surface area contributed by atoms with Crippen LogP contribution in [0.15, 0.2) is 12.3 Å². The monoisotopic (exact) mass is 307 g/mol. The van der Waals surface area contributed by atoms with E-state index in [9.17, 15) is 13.2 Å². The largest absolute Gasteiger partial charge is 0.417 e. The van der Waals surface area contributed by atoms with E-state index in [2.05, 4.69) is 10.3 Å². The van der Waals surface area contributed by atoms with Crippen LogP contribution in [0.1, 0.15) is 18.4 Å². The number of hydrogen-bond acceptors (Lipinski definition) is 3. The van der Waals surface area contributed by atoms with Crippen LogP contribution in [0.3, 0.4) is 0 Å². The topological polar surface area (TPSA) is 28.2 Å². The third kappa shape index (κ3) is 3.76. The van der Waals surface area contributed by atoms with Crippen LogP contribution in [-0.4, -0.2) is 31.7 Å². The second kappa shape index (κ2) is 6.18. The van der Waals surface area contributed by atoms with Gasteiger partial charge in [-0.05, 0) is 37.9 Å². The Labute approximate surface area is 121 Å². The van der Waals surface area contributed by atoms with E-state index in [-0.39, 0.29) is 5.02 Å². The molecule has 0 amide bonds. The van der Waals surface area contributed by atoms with Crippen LogP contribution in [0.4, 0.5) is 19.0 Å². The van der Waals surface area contributed by atoms with Crippen LogP contribution in [0.2, 0.25) is 5.02 Å². The fourth-order valence-corrected chi connectivity index (χ4v) is 2.72. The van der Waals surface area contributed by atoms with Crippen LogP contribution in [-0.2, 0) is 6.18 Å². The van der Waals surface area contributed by atoms with Gasteiger partial charge in [0.15, 0.2) is 0 Å². The van der Waals surface area contributed by atoms with Crippen LogP contribution >= 0.6 is 11.6 Å². The molecule has 0 aromatic carbocycles. The smallest absolute Gasteiger partial charge is 0.358 e. The van der Waals surface area contributed by atoms with E-state index in [1.807, 2.05) is 11.9 Å². The molecule has 0 bridgehead atoms. The zero-order chi connectivity index (χ0) is 14.8. The first-order valence-corrected chi connectivity index (χ1v) is 6.90. The first kappa shape index (κ1) is 15.4. The van der Waals surface area contributed by atoms with Crippen molar-refractivity contribution in [2.75, 3.05) is 31.6 Å². The molecule has 0 saturated carbocycles. The number of alkyl halides is 3. The van der Waals surface area contributed by atoms with E-state index in [0.29, 0.717) is 11.7 Å². The maximum atomic E-state index is 12.6. The molecule has 1 N–H and O–H groups in total. The van der Waals surface area contributed by atoms with Gasteiger partial charge in [-0.1, -0.05) is 11.6 Å². The highest BCUT2D eigenvalue weighted by Crippen LogP contribution is 2.33. The number of hydrogen-bond donors (Lipinski definition) is 1. The Morgan fingerprint density at radius 1 is 1.40 bits per heavy atom. The molecule has 1 aromatic heterocycles. The van der Waals surface area contributed by atoms with Crippen molar-refractivity contribution in [2.24, 2.45) is 5.92 Å². The minimum atomic E-state index is -4.41. The summed E-state index contributed by atoms with van der Waals surface area (Å²) in [5, 5.41) is 3.32. The lowest BCUT2D eigenvalue weighted by molar-refractivity contribution is -0.137. The minimum absolute atomic E-state index is 0.0382. The van der Waals surface area contributed by atoms with Crippen LogP contribution < -0.4 is 10.2 Å². The normalized spacial score (nSPS) is 17.2. The van der Waals surface area contributed by atoms with Crippen molar-refractivity contribution in [1.29, 1.82) is 0 Å². The molecular formula is C13H17ClF3N3. The number of rotatable bonds is 3. The van der Waals surface area contributed by atoms with Crippen molar-refractivity contribution in [2.45, 2.75) is 19.0 Å². The molecule has 2 rings (SSSR count). The summed E-state index contributed by atoms with van der Waals surface area (Å²) in [6.45, 7) is 2.71. The van der Waals surface area contributed by atoms with Gasteiger partial charge in [0.1, 0.15) is 5.82 Å². The van der Waals surface area contributed by atoms with E-state index in [4.69, 9.17) is 11.6 Å². The Hall–Kier alpha value is -1.01.